The Bertz CT molecular complexity index is 1180. The van der Waals surface area contributed by atoms with Gasteiger partial charge in [-0.2, -0.15) is 25.4 Å². The van der Waals surface area contributed by atoms with Gasteiger partial charge < -0.3 is 9.80 Å². The molecule has 180 valence electrons. The summed E-state index contributed by atoms with van der Waals surface area (Å²) < 4.78 is 58.2. The summed E-state index contributed by atoms with van der Waals surface area (Å²) in [5, 5.41) is 0. The second-order valence-electron chi connectivity index (χ2n) is 8.93. The van der Waals surface area contributed by atoms with Crippen molar-refractivity contribution in [3.8, 4) is 0 Å². The molecule has 0 N–H and O–H groups in total. The first kappa shape index (κ1) is 22.8. The van der Waals surface area contributed by atoms with E-state index < -0.39 is 20.2 Å². The van der Waals surface area contributed by atoms with E-state index in [2.05, 4.69) is 4.40 Å². The number of hydrogen-bond donors (Lipinski definition) is 0. The van der Waals surface area contributed by atoms with Crippen molar-refractivity contribution >= 4 is 37.7 Å². The molecule has 4 aliphatic heterocycles. The number of amidine groups is 1. The number of sulfonamides is 1. The Morgan fingerprint density at radius 3 is 2.24 bits per heavy atom. The first-order valence-corrected chi connectivity index (χ1v) is 14.4. The molecule has 4 aliphatic rings. The van der Waals surface area contributed by atoms with Crippen LogP contribution in [0.3, 0.4) is 0 Å². The first-order chi connectivity index (χ1) is 15.8. The first-order valence-electron chi connectivity index (χ1n) is 11.6. The Balaban J connectivity index is 1.33. The Labute approximate surface area is 195 Å². The van der Waals surface area contributed by atoms with E-state index >= 15 is 0 Å². The van der Waals surface area contributed by atoms with Crippen LogP contribution in [0.5, 0.6) is 0 Å². The van der Waals surface area contributed by atoms with Crippen LogP contribution < -0.4 is 4.90 Å². The van der Waals surface area contributed by atoms with Gasteiger partial charge in [0.15, 0.2) is 0 Å². The van der Waals surface area contributed by atoms with Crippen molar-refractivity contribution in [3.63, 3.8) is 0 Å². The predicted octanol–water partition coefficient (Wildman–Crippen LogP) is 1.27. The van der Waals surface area contributed by atoms with Crippen molar-refractivity contribution in [2.24, 2.45) is 4.40 Å². The van der Waals surface area contributed by atoms with Crippen molar-refractivity contribution in [2.45, 2.75) is 43.4 Å². The molecule has 1 amide bonds. The number of nitrogens with zero attached hydrogens (tertiary/aromatic N) is 5. The van der Waals surface area contributed by atoms with Gasteiger partial charge in [0, 0.05) is 57.8 Å². The average Bonchev–Trinajstić information content (AvgIpc) is 3.26. The van der Waals surface area contributed by atoms with Gasteiger partial charge in [0.1, 0.15) is 10.7 Å². The molecule has 33 heavy (non-hydrogen) atoms. The summed E-state index contributed by atoms with van der Waals surface area (Å²) in [7, 11) is -7.36. The fourth-order valence-corrected chi connectivity index (χ4v) is 7.95. The van der Waals surface area contributed by atoms with E-state index in [0.29, 0.717) is 37.6 Å². The summed E-state index contributed by atoms with van der Waals surface area (Å²) in [6.07, 6.45) is 5.29. The molecule has 10 nitrogen and oxygen atoms in total. The van der Waals surface area contributed by atoms with Gasteiger partial charge in [0.25, 0.3) is 26.1 Å². The number of rotatable bonds is 3. The number of amides is 1. The van der Waals surface area contributed by atoms with Crippen molar-refractivity contribution in [1.29, 1.82) is 0 Å². The maximum atomic E-state index is 13.2. The van der Waals surface area contributed by atoms with E-state index in [1.165, 1.54) is 14.7 Å². The molecule has 5 rings (SSSR count). The van der Waals surface area contributed by atoms with E-state index in [9.17, 15) is 21.6 Å². The highest BCUT2D eigenvalue weighted by molar-refractivity contribution is 7.90. The smallest absolute Gasteiger partial charge is 0.286 e. The van der Waals surface area contributed by atoms with Crippen LogP contribution in [0.4, 0.5) is 5.69 Å². The fourth-order valence-electron chi connectivity index (χ4n) is 5.00. The highest BCUT2D eigenvalue weighted by Crippen LogP contribution is 2.35. The molecule has 4 heterocycles. The highest BCUT2D eigenvalue weighted by Gasteiger charge is 2.36. The van der Waals surface area contributed by atoms with Crippen molar-refractivity contribution in [1.82, 2.24) is 13.5 Å². The van der Waals surface area contributed by atoms with Gasteiger partial charge in [0.05, 0.1) is 5.69 Å². The van der Waals surface area contributed by atoms with E-state index in [1.54, 1.807) is 17.0 Å². The minimum Gasteiger partial charge on any atom is -0.336 e. The largest absolute Gasteiger partial charge is 0.336 e. The lowest BCUT2D eigenvalue weighted by Gasteiger charge is -2.36. The van der Waals surface area contributed by atoms with Crippen LogP contribution in [-0.4, -0.2) is 87.9 Å². The van der Waals surface area contributed by atoms with Gasteiger partial charge in [-0.1, -0.05) is 6.42 Å². The topological polar surface area (TPSA) is 111 Å². The fraction of sp³-hybridized carbons (Fsp3) is 0.619. The molecule has 0 spiro atoms. The molecule has 0 unspecified atom stereocenters. The zero-order valence-corrected chi connectivity index (χ0v) is 20.2. The van der Waals surface area contributed by atoms with Crippen LogP contribution in [0.15, 0.2) is 27.5 Å². The number of hydrogen-bond acceptors (Lipinski definition) is 6. The van der Waals surface area contributed by atoms with Crippen LogP contribution in [0, 0.1) is 0 Å². The van der Waals surface area contributed by atoms with Crippen molar-refractivity contribution in [2.75, 3.05) is 50.7 Å². The van der Waals surface area contributed by atoms with Crippen LogP contribution in [0.25, 0.3) is 0 Å². The molecule has 0 saturated carbocycles. The summed E-state index contributed by atoms with van der Waals surface area (Å²) in [6.45, 7) is 2.81. The number of piperazine rings is 1. The van der Waals surface area contributed by atoms with E-state index in [0.717, 1.165) is 32.1 Å². The molecule has 12 heteroatoms. The zero-order chi connectivity index (χ0) is 23.2. The quantitative estimate of drug-likeness (QED) is 0.624. The molecule has 0 aromatic heterocycles. The van der Waals surface area contributed by atoms with Gasteiger partial charge in [-0.15, -0.1) is 4.40 Å². The molecular formula is C21H29N5O5S2. The summed E-state index contributed by atoms with van der Waals surface area (Å²) in [5.41, 5.74) is 0.863. The Morgan fingerprint density at radius 1 is 0.848 bits per heavy atom. The Morgan fingerprint density at radius 2 is 1.52 bits per heavy atom. The van der Waals surface area contributed by atoms with Crippen LogP contribution in [-0.2, 0) is 20.2 Å². The van der Waals surface area contributed by atoms with Crippen LogP contribution >= 0.6 is 0 Å². The van der Waals surface area contributed by atoms with Gasteiger partial charge in [-0.3, -0.25) is 4.79 Å². The molecule has 0 bridgehead atoms. The lowest BCUT2D eigenvalue weighted by Crippen LogP contribution is -2.53. The number of carbonyl (C=O) groups is 1. The maximum Gasteiger partial charge on any atom is 0.286 e. The second kappa shape index (κ2) is 8.64. The van der Waals surface area contributed by atoms with Gasteiger partial charge in [-0.05, 0) is 43.9 Å². The zero-order valence-electron chi connectivity index (χ0n) is 18.5. The number of carbonyl (C=O) groups excluding carboxylic acids is 1. The van der Waals surface area contributed by atoms with Gasteiger partial charge in [0.2, 0.25) is 0 Å². The van der Waals surface area contributed by atoms with E-state index in [1.807, 2.05) is 4.90 Å². The Kier molecular flexibility index (Phi) is 5.96. The summed E-state index contributed by atoms with van der Waals surface area (Å²) in [6, 6.07) is 4.79. The van der Waals surface area contributed by atoms with E-state index in [-0.39, 0.29) is 42.5 Å². The van der Waals surface area contributed by atoms with Crippen molar-refractivity contribution < 1.29 is 21.6 Å². The van der Waals surface area contributed by atoms with Gasteiger partial charge >= 0.3 is 0 Å². The Hall–Kier alpha value is -2.02. The molecule has 0 radical (unpaired) electrons. The molecular weight excluding hydrogens is 466 g/mol. The molecule has 1 aromatic carbocycles. The third-order valence-corrected chi connectivity index (χ3v) is 10.2. The minimum absolute atomic E-state index is 0.0641. The summed E-state index contributed by atoms with van der Waals surface area (Å²) in [5.74, 6) is 0.284. The second-order valence-corrected chi connectivity index (χ2v) is 12.4. The lowest BCUT2D eigenvalue weighted by atomic mass is 10.1. The molecule has 1 aromatic rings. The number of benzene rings is 1. The summed E-state index contributed by atoms with van der Waals surface area (Å²) in [4.78, 5) is 16.8. The highest BCUT2D eigenvalue weighted by atomic mass is 32.2. The van der Waals surface area contributed by atoms with E-state index in [4.69, 9.17) is 0 Å². The predicted molar refractivity (Wildman–Crippen MR) is 124 cm³/mol. The molecule has 3 fully saturated rings. The van der Waals surface area contributed by atoms with Crippen LogP contribution in [0.1, 0.15) is 48.9 Å². The maximum absolute atomic E-state index is 13.2. The number of fused-ring (bicyclic) bond motifs is 3. The lowest BCUT2D eigenvalue weighted by molar-refractivity contribution is 0.0694. The summed E-state index contributed by atoms with van der Waals surface area (Å²) >= 11 is 0. The minimum atomic E-state index is -3.87. The average molecular weight is 496 g/mol. The third kappa shape index (κ3) is 4.17. The normalized spacial score (nSPS) is 24.1. The molecule has 0 aliphatic carbocycles. The number of anilines is 1. The van der Waals surface area contributed by atoms with Crippen LogP contribution in [0.2, 0.25) is 0 Å². The standard InChI is InChI=1S/C21H29N5O5S2/c27-21(23-12-14-25(15-13-23)33(30,31)24-9-4-5-10-24)17-7-8-18-19(16-17)32(28,29)22-20-6-2-1-3-11-26(18)20/h7-8,16H,1-6,9-15H2. The molecule has 0 atom stereocenters. The van der Waals surface area contributed by atoms with Gasteiger partial charge in [-0.25, -0.2) is 0 Å². The monoisotopic (exact) mass is 495 g/mol. The van der Waals surface area contributed by atoms with Crippen molar-refractivity contribution in [3.05, 3.63) is 23.8 Å². The third-order valence-electron chi connectivity index (χ3n) is 6.84. The SMILES string of the molecule is O=C(c1ccc2c(c1)S(=O)(=O)N=C1CCCCCN12)N1CCN(S(=O)(=O)N2CCCC2)CC1. The molecule has 3 saturated heterocycles.